The second kappa shape index (κ2) is 34.6. The van der Waals surface area contributed by atoms with E-state index in [2.05, 4.69) is 19.1 Å². The van der Waals surface area contributed by atoms with Crippen LogP contribution in [0.2, 0.25) is 0 Å². The smallest absolute Gasteiger partial charge is 0.462 e. The van der Waals surface area contributed by atoms with Gasteiger partial charge in [0.1, 0.15) is 43.2 Å². The van der Waals surface area contributed by atoms with Gasteiger partial charge in [0.15, 0.2) is 6.10 Å². The van der Waals surface area contributed by atoms with E-state index >= 15 is 0 Å². The van der Waals surface area contributed by atoms with Gasteiger partial charge in [-0.2, -0.15) is 0 Å². The molecule has 0 saturated heterocycles. The van der Waals surface area contributed by atoms with Crippen LogP contribution in [0.4, 0.5) is 0 Å². The van der Waals surface area contributed by atoms with Crippen molar-refractivity contribution >= 4 is 19.8 Å². The zero-order valence-corrected chi connectivity index (χ0v) is 37.4. The molecule has 356 valence electrons. The average Bonchev–Trinajstić information content (AvgIpc) is 3.24. The van der Waals surface area contributed by atoms with E-state index in [1.807, 2.05) is 19.1 Å². The van der Waals surface area contributed by atoms with E-state index < -0.39 is 94.0 Å². The van der Waals surface area contributed by atoms with Gasteiger partial charge < -0.3 is 55.2 Å². The van der Waals surface area contributed by atoms with E-state index in [0.29, 0.717) is 12.8 Å². The lowest BCUT2D eigenvalue weighted by Gasteiger charge is -2.41. The summed E-state index contributed by atoms with van der Waals surface area (Å²) >= 11 is 0. The SMILES string of the molecule is CC/C=C\C[C@@H](O)/C=C/C=C/C=C\C=C/[C@H](O)[C@@H](O)CCCC(=O)OC[C@H](COP(=O)(O)OC1[C@H](O)[C@H](O)C(O)[C@H](O)[C@H]1O)OC(=O)CCCCCCC/C=C\CCCCCC. The molecular weight excluding hydrogens is 827 g/mol. The van der Waals surface area contributed by atoms with Crippen molar-refractivity contribution in [3.8, 4) is 0 Å². The summed E-state index contributed by atoms with van der Waals surface area (Å²) < 4.78 is 33.2. The van der Waals surface area contributed by atoms with Crippen LogP contribution in [0.5, 0.6) is 0 Å². The van der Waals surface area contributed by atoms with Gasteiger partial charge in [0, 0.05) is 12.8 Å². The van der Waals surface area contributed by atoms with Crippen LogP contribution in [-0.2, 0) is 32.7 Å². The highest BCUT2D eigenvalue weighted by molar-refractivity contribution is 7.47. The van der Waals surface area contributed by atoms with E-state index in [-0.39, 0.29) is 25.7 Å². The highest BCUT2D eigenvalue weighted by Crippen LogP contribution is 2.47. The van der Waals surface area contributed by atoms with Gasteiger partial charge in [-0.25, -0.2) is 4.57 Å². The zero-order chi connectivity index (χ0) is 46.2. The first-order valence-corrected chi connectivity index (χ1v) is 23.6. The summed E-state index contributed by atoms with van der Waals surface area (Å²) in [5.74, 6) is -1.45. The van der Waals surface area contributed by atoms with Gasteiger partial charge >= 0.3 is 19.8 Å². The van der Waals surface area contributed by atoms with Gasteiger partial charge in [-0.3, -0.25) is 18.6 Å². The third-order valence-electron chi connectivity index (χ3n) is 9.87. The number of aliphatic hydroxyl groups excluding tert-OH is 8. The first-order chi connectivity index (χ1) is 29.6. The maximum Gasteiger partial charge on any atom is 0.472 e. The molecule has 0 radical (unpaired) electrons. The Bertz CT molecular complexity index is 1410. The molecule has 1 aliphatic carbocycles. The van der Waals surface area contributed by atoms with E-state index in [1.54, 1.807) is 42.5 Å². The van der Waals surface area contributed by atoms with Gasteiger partial charge in [-0.15, -0.1) is 0 Å². The highest BCUT2D eigenvalue weighted by Gasteiger charge is 2.51. The minimum atomic E-state index is -5.21. The van der Waals surface area contributed by atoms with Gasteiger partial charge in [0.05, 0.1) is 24.9 Å². The zero-order valence-electron chi connectivity index (χ0n) is 36.5. The van der Waals surface area contributed by atoms with E-state index in [0.717, 1.165) is 44.9 Å². The quantitative estimate of drug-likeness (QED) is 0.0137. The molecule has 11 atom stereocenters. The fraction of sp³-hybridized carbons (Fsp3) is 0.689. The fourth-order valence-corrected chi connectivity index (χ4v) is 7.12. The number of ether oxygens (including phenoxy) is 2. The predicted octanol–water partition coefficient (Wildman–Crippen LogP) is 4.85. The minimum absolute atomic E-state index is 0.00882. The molecule has 1 fully saturated rings. The number of rotatable bonds is 34. The van der Waals surface area contributed by atoms with Gasteiger partial charge in [-0.1, -0.05) is 125 Å². The fourth-order valence-electron chi connectivity index (χ4n) is 6.15. The van der Waals surface area contributed by atoms with Gasteiger partial charge in [-0.05, 0) is 57.8 Å². The average molecular weight is 903 g/mol. The van der Waals surface area contributed by atoms with Crippen LogP contribution >= 0.6 is 7.82 Å². The molecule has 1 aliphatic rings. The Kier molecular flexibility index (Phi) is 31.9. The Labute approximate surface area is 367 Å². The van der Waals surface area contributed by atoms with Crippen molar-refractivity contribution in [2.45, 2.75) is 184 Å². The molecule has 1 saturated carbocycles. The molecule has 3 unspecified atom stereocenters. The number of allylic oxidation sites excluding steroid dienone is 9. The Hall–Kier alpha value is -2.83. The normalized spacial score (nSPS) is 24.1. The molecule has 1 rings (SSSR count). The number of phosphoric acid groups is 1. The predicted molar refractivity (Wildman–Crippen MR) is 234 cm³/mol. The van der Waals surface area contributed by atoms with E-state index in [1.165, 1.54) is 31.8 Å². The molecule has 62 heavy (non-hydrogen) atoms. The van der Waals surface area contributed by atoms with Crippen LogP contribution in [0.1, 0.15) is 123 Å². The molecule has 0 amide bonds. The summed E-state index contributed by atoms with van der Waals surface area (Å²) in [7, 11) is -5.21. The van der Waals surface area contributed by atoms with Crippen molar-refractivity contribution in [2.24, 2.45) is 0 Å². The topological polar surface area (TPSA) is 270 Å². The van der Waals surface area contributed by atoms with Crippen LogP contribution in [-0.4, -0.2) is 132 Å². The van der Waals surface area contributed by atoms with Crippen molar-refractivity contribution in [1.82, 2.24) is 0 Å². The first kappa shape index (κ1) is 57.2. The largest absolute Gasteiger partial charge is 0.472 e. The third-order valence-corrected chi connectivity index (χ3v) is 10.9. The summed E-state index contributed by atoms with van der Waals surface area (Å²) in [4.78, 5) is 35.7. The Morgan fingerprint density at radius 1 is 0.629 bits per heavy atom. The Balaban J connectivity index is 2.64. The summed E-state index contributed by atoms with van der Waals surface area (Å²) in [6.45, 7) is 2.76. The van der Waals surface area contributed by atoms with Crippen LogP contribution in [0.15, 0.2) is 72.9 Å². The minimum Gasteiger partial charge on any atom is -0.462 e. The second-order valence-corrected chi connectivity index (χ2v) is 16.8. The van der Waals surface area contributed by atoms with Crippen LogP contribution < -0.4 is 0 Å². The molecular formula is C45H75O16P. The number of carbonyl (C=O) groups is 2. The summed E-state index contributed by atoms with van der Waals surface area (Å²) in [5.41, 5.74) is 0. The monoisotopic (exact) mass is 902 g/mol. The van der Waals surface area contributed by atoms with Crippen LogP contribution in [0.25, 0.3) is 0 Å². The first-order valence-electron chi connectivity index (χ1n) is 22.1. The van der Waals surface area contributed by atoms with Gasteiger partial charge in [0.2, 0.25) is 0 Å². The lowest BCUT2D eigenvalue weighted by molar-refractivity contribution is -0.220. The summed E-state index contributed by atoms with van der Waals surface area (Å²) in [6.07, 6.45) is 17.5. The number of esters is 2. The Morgan fingerprint density at radius 3 is 1.81 bits per heavy atom. The van der Waals surface area contributed by atoms with Crippen molar-refractivity contribution in [1.29, 1.82) is 0 Å². The summed E-state index contributed by atoms with van der Waals surface area (Å²) in [5, 5.41) is 80.5. The van der Waals surface area contributed by atoms with E-state index in [9.17, 15) is 59.9 Å². The number of carbonyl (C=O) groups excluding carboxylic acids is 2. The van der Waals surface area contributed by atoms with Crippen molar-refractivity contribution in [3.05, 3.63) is 72.9 Å². The maximum atomic E-state index is 12.8. The molecule has 0 heterocycles. The second-order valence-electron chi connectivity index (χ2n) is 15.4. The molecule has 0 spiro atoms. The van der Waals surface area contributed by atoms with Crippen molar-refractivity contribution < 1.29 is 78.4 Å². The molecule has 0 aromatic carbocycles. The lowest BCUT2D eigenvalue weighted by atomic mass is 9.85. The van der Waals surface area contributed by atoms with Gasteiger partial charge in [0.25, 0.3) is 0 Å². The number of phosphoric ester groups is 1. The lowest BCUT2D eigenvalue weighted by Crippen LogP contribution is -2.64. The van der Waals surface area contributed by atoms with Crippen molar-refractivity contribution in [3.63, 3.8) is 0 Å². The number of unbranched alkanes of at least 4 members (excludes halogenated alkanes) is 9. The molecule has 9 N–H and O–H groups in total. The Morgan fingerprint density at radius 2 is 1.18 bits per heavy atom. The third kappa shape index (κ3) is 26.7. The van der Waals surface area contributed by atoms with E-state index in [4.69, 9.17) is 18.5 Å². The molecule has 0 aliphatic heterocycles. The number of hydrogen-bond donors (Lipinski definition) is 9. The molecule has 0 bridgehead atoms. The number of hydrogen-bond acceptors (Lipinski definition) is 15. The number of aliphatic hydroxyl groups is 8. The molecule has 17 heteroatoms. The van der Waals surface area contributed by atoms with Crippen molar-refractivity contribution in [2.75, 3.05) is 13.2 Å². The summed E-state index contributed by atoms with van der Waals surface area (Å²) in [6, 6.07) is 0. The van der Waals surface area contributed by atoms with Crippen LogP contribution in [0, 0.1) is 0 Å². The molecule has 0 aromatic heterocycles. The maximum absolute atomic E-state index is 12.8. The molecule has 0 aromatic rings. The molecule has 16 nitrogen and oxygen atoms in total. The highest BCUT2D eigenvalue weighted by atomic mass is 31.2. The van der Waals surface area contributed by atoms with Crippen LogP contribution in [0.3, 0.4) is 0 Å². The standard InChI is InChI=1S/C45H75O16P/c1-3-5-7-8-9-10-11-12-13-14-15-20-24-30-39(50)60-35(33-59-62(56,57)61-45-43(54)41(52)40(51)42(53)44(45)55)32-58-38(49)31-25-29-37(48)36(47)28-23-19-17-16-18-22-27-34(46)26-21-6-4-2/h6,10-11,16-19,21-23,27-28,34-37,40-48,51-55H,3-5,7-9,12-15,20,24-26,29-33H2,1-2H3,(H,56,57)/b11-10-,18-16+,19-17-,21-6-,27-22+,28-23-/t34-,35-,36+,37+,40?,41-,42+,43-,44-,45?/m1/s1.